The molecule has 0 aliphatic heterocycles. The quantitative estimate of drug-likeness (QED) is 0.798. The Kier molecular flexibility index (Phi) is 3.87. The molecule has 2 N–H and O–H groups in total. The van der Waals surface area contributed by atoms with Crippen molar-refractivity contribution in [3.05, 3.63) is 65.5 Å². The van der Waals surface area contributed by atoms with E-state index in [4.69, 9.17) is 0 Å². The van der Waals surface area contributed by atoms with Crippen LogP contribution in [0.25, 0.3) is 0 Å². The maximum absolute atomic E-state index is 11.8. The monoisotopic (exact) mass is 255 g/mol. The molecule has 0 radical (unpaired) electrons. The summed E-state index contributed by atoms with van der Waals surface area (Å²) in [4.78, 5) is 27.3. The molecule has 96 valence electrons. The third kappa shape index (κ3) is 3.38. The summed E-state index contributed by atoms with van der Waals surface area (Å²) in [5.41, 5.74) is 6.62. The molecule has 2 rings (SSSR count). The van der Waals surface area contributed by atoms with Crippen LogP contribution in [0, 0.1) is 6.92 Å². The van der Waals surface area contributed by atoms with Gasteiger partial charge in [-0.25, -0.2) is 0 Å². The van der Waals surface area contributed by atoms with Gasteiger partial charge >= 0.3 is 0 Å². The molecule has 0 unspecified atom stereocenters. The Morgan fingerprint density at radius 2 is 1.58 bits per heavy atom. The number of carbonyl (C=O) groups is 2. The number of aromatic nitrogens is 1. The van der Waals surface area contributed by atoms with E-state index < -0.39 is 0 Å². The van der Waals surface area contributed by atoms with Gasteiger partial charge in [-0.15, -0.1) is 0 Å². The second-order valence-corrected chi connectivity index (χ2v) is 4.01. The SMILES string of the molecule is Cc1cccc(C(=O)NNC(=O)c2ccncc2)c1. The minimum absolute atomic E-state index is 0.355. The van der Waals surface area contributed by atoms with E-state index in [2.05, 4.69) is 15.8 Å². The van der Waals surface area contributed by atoms with Crippen molar-refractivity contribution in [2.75, 3.05) is 0 Å². The van der Waals surface area contributed by atoms with Gasteiger partial charge in [0, 0.05) is 23.5 Å². The van der Waals surface area contributed by atoms with Gasteiger partial charge in [0.05, 0.1) is 0 Å². The van der Waals surface area contributed by atoms with Crippen LogP contribution in [0.15, 0.2) is 48.8 Å². The molecule has 1 aromatic heterocycles. The van der Waals surface area contributed by atoms with Crippen molar-refractivity contribution >= 4 is 11.8 Å². The largest absolute Gasteiger partial charge is 0.269 e. The Hall–Kier alpha value is -2.69. The number of rotatable bonds is 2. The van der Waals surface area contributed by atoms with Crippen molar-refractivity contribution in [2.45, 2.75) is 6.92 Å². The van der Waals surface area contributed by atoms with Crippen LogP contribution in [-0.2, 0) is 0 Å². The first-order valence-electron chi connectivity index (χ1n) is 5.74. The first-order valence-corrected chi connectivity index (χ1v) is 5.74. The van der Waals surface area contributed by atoms with E-state index in [0.717, 1.165) is 5.56 Å². The zero-order valence-corrected chi connectivity index (χ0v) is 10.4. The molecule has 1 heterocycles. The molecule has 0 aliphatic carbocycles. The minimum Gasteiger partial charge on any atom is -0.267 e. The number of carbonyl (C=O) groups excluding carboxylic acids is 2. The molecular weight excluding hydrogens is 242 g/mol. The van der Waals surface area contributed by atoms with E-state index in [1.165, 1.54) is 12.4 Å². The summed E-state index contributed by atoms with van der Waals surface area (Å²) >= 11 is 0. The Balaban J connectivity index is 1.96. The predicted octanol–water partition coefficient (Wildman–Crippen LogP) is 1.46. The molecule has 2 amide bonds. The summed E-state index contributed by atoms with van der Waals surface area (Å²) in [5.74, 6) is -0.741. The molecule has 19 heavy (non-hydrogen) atoms. The maximum Gasteiger partial charge on any atom is 0.269 e. The lowest BCUT2D eigenvalue weighted by Crippen LogP contribution is -2.41. The molecule has 0 spiro atoms. The van der Waals surface area contributed by atoms with Gasteiger partial charge in [-0.2, -0.15) is 0 Å². The molecule has 0 atom stereocenters. The van der Waals surface area contributed by atoms with Gasteiger partial charge in [0.2, 0.25) is 0 Å². The van der Waals surface area contributed by atoms with E-state index in [-0.39, 0.29) is 11.8 Å². The van der Waals surface area contributed by atoms with Crippen LogP contribution >= 0.6 is 0 Å². The zero-order chi connectivity index (χ0) is 13.7. The lowest BCUT2D eigenvalue weighted by Gasteiger charge is -2.07. The topological polar surface area (TPSA) is 71.1 Å². The van der Waals surface area contributed by atoms with Crippen LogP contribution in [-0.4, -0.2) is 16.8 Å². The Labute approximate surface area is 110 Å². The van der Waals surface area contributed by atoms with Gasteiger partial charge in [0.1, 0.15) is 0 Å². The smallest absolute Gasteiger partial charge is 0.267 e. The van der Waals surface area contributed by atoms with Crippen molar-refractivity contribution in [1.82, 2.24) is 15.8 Å². The highest BCUT2D eigenvalue weighted by Gasteiger charge is 2.08. The summed E-state index contributed by atoms with van der Waals surface area (Å²) in [6.45, 7) is 1.90. The standard InChI is InChI=1S/C14H13N3O2/c1-10-3-2-4-12(9-10)14(19)17-16-13(18)11-5-7-15-8-6-11/h2-9H,1H3,(H,16,18)(H,17,19). The molecule has 0 fully saturated rings. The molecule has 2 aromatic rings. The molecule has 1 aromatic carbocycles. The fourth-order valence-corrected chi connectivity index (χ4v) is 1.55. The highest BCUT2D eigenvalue weighted by Crippen LogP contribution is 2.03. The van der Waals surface area contributed by atoms with Crippen LogP contribution in [0.2, 0.25) is 0 Å². The lowest BCUT2D eigenvalue weighted by molar-refractivity contribution is 0.0846. The lowest BCUT2D eigenvalue weighted by atomic mass is 10.1. The summed E-state index contributed by atoms with van der Waals surface area (Å²) in [6, 6.07) is 10.2. The van der Waals surface area contributed by atoms with Crippen molar-refractivity contribution in [3.63, 3.8) is 0 Å². The van der Waals surface area contributed by atoms with Gasteiger partial charge in [-0.05, 0) is 31.2 Å². The molecule has 0 aliphatic rings. The van der Waals surface area contributed by atoms with Crippen LogP contribution < -0.4 is 10.9 Å². The van der Waals surface area contributed by atoms with Gasteiger partial charge in [0.15, 0.2) is 0 Å². The molecule has 0 bridgehead atoms. The fourth-order valence-electron chi connectivity index (χ4n) is 1.55. The maximum atomic E-state index is 11.8. The number of pyridine rings is 1. The van der Waals surface area contributed by atoms with Crippen LogP contribution in [0.3, 0.4) is 0 Å². The summed E-state index contributed by atoms with van der Waals surface area (Å²) < 4.78 is 0. The number of benzene rings is 1. The van der Waals surface area contributed by atoms with Crippen molar-refractivity contribution in [3.8, 4) is 0 Å². The second kappa shape index (κ2) is 5.77. The first kappa shape index (κ1) is 12.8. The van der Waals surface area contributed by atoms with Gasteiger partial charge in [0.25, 0.3) is 11.8 Å². The number of hydrogen-bond acceptors (Lipinski definition) is 3. The first-order chi connectivity index (χ1) is 9.16. The van der Waals surface area contributed by atoms with Crippen molar-refractivity contribution in [1.29, 1.82) is 0 Å². The van der Waals surface area contributed by atoms with Gasteiger partial charge in [-0.3, -0.25) is 25.4 Å². The molecule has 0 saturated heterocycles. The third-order valence-corrected chi connectivity index (χ3v) is 2.51. The predicted molar refractivity (Wildman–Crippen MR) is 70.3 cm³/mol. The number of hydrazine groups is 1. The highest BCUT2D eigenvalue weighted by molar-refractivity contribution is 5.99. The van der Waals surface area contributed by atoms with E-state index in [1.54, 1.807) is 30.3 Å². The fraction of sp³-hybridized carbons (Fsp3) is 0.0714. The Bertz CT molecular complexity index is 597. The average molecular weight is 255 g/mol. The van der Waals surface area contributed by atoms with Gasteiger partial charge < -0.3 is 0 Å². The summed E-state index contributed by atoms with van der Waals surface area (Å²) in [6.07, 6.45) is 3.02. The van der Waals surface area contributed by atoms with Crippen molar-refractivity contribution < 1.29 is 9.59 Å². The highest BCUT2D eigenvalue weighted by atomic mass is 16.2. The van der Waals surface area contributed by atoms with Crippen LogP contribution in [0.1, 0.15) is 26.3 Å². The third-order valence-electron chi connectivity index (χ3n) is 2.51. The second-order valence-electron chi connectivity index (χ2n) is 4.01. The van der Waals surface area contributed by atoms with E-state index in [9.17, 15) is 9.59 Å². The molecule has 5 nitrogen and oxygen atoms in total. The normalized spacial score (nSPS) is 9.74. The summed E-state index contributed by atoms with van der Waals surface area (Å²) in [7, 11) is 0. The number of amides is 2. The van der Waals surface area contributed by atoms with Crippen molar-refractivity contribution in [2.24, 2.45) is 0 Å². The zero-order valence-electron chi connectivity index (χ0n) is 10.4. The summed E-state index contributed by atoms with van der Waals surface area (Å²) in [5, 5.41) is 0. The van der Waals surface area contributed by atoms with Crippen LogP contribution in [0.4, 0.5) is 0 Å². The van der Waals surface area contributed by atoms with Crippen LogP contribution in [0.5, 0.6) is 0 Å². The van der Waals surface area contributed by atoms with Gasteiger partial charge in [-0.1, -0.05) is 17.7 Å². The number of hydrogen-bond donors (Lipinski definition) is 2. The number of nitrogens with zero attached hydrogens (tertiary/aromatic N) is 1. The Morgan fingerprint density at radius 3 is 2.21 bits per heavy atom. The molecule has 5 heteroatoms. The molecule has 0 saturated carbocycles. The van der Waals surface area contributed by atoms with E-state index in [0.29, 0.717) is 11.1 Å². The van der Waals surface area contributed by atoms with E-state index in [1.807, 2.05) is 13.0 Å². The van der Waals surface area contributed by atoms with E-state index >= 15 is 0 Å². The minimum atomic E-state index is -0.386. The molecular formula is C14H13N3O2. The average Bonchev–Trinajstić information content (AvgIpc) is 2.45. The number of nitrogens with one attached hydrogen (secondary N) is 2. The number of aryl methyl sites for hydroxylation is 1. The Morgan fingerprint density at radius 1 is 0.947 bits per heavy atom.